The Labute approximate surface area is 117 Å². The van der Waals surface area contributed by atoms with E-state index < -0.39 is 4.92 Å². The molecule has 5 nitrogen and oxygen atoms in total. The van der Waals surface area contributed by atoms with Crippen molar-refractivity contribution in [2.45, 2.75) is 19.3 Å². The van der Waals surface area contributed by atoms with Crippen LogP contribution in [0.25, 0.3) is 0 Å². The second-order valence-corrected chi connectivity index (χ2v) is 5.06. The van der Waals surface area contributed by atoms with Crippen molar-refractivity contribution in [1.29, 1.82) is 0 Å². The van der Waals surface area contributed by atoms with Gasteiger partial charge in [-0.3, -0.25) is 15.0 Å². The van der Waals surface area contributed by atoms with E-state index in [1.54, 1.807) is 0 Å². The Kier molecular flexibility index (Phi) is 4.99. The molecule has 1 aliphatic heterocycles. The summed E-state index contributed by atoms with van der Waals surface area (Å²) in [6, 6.07) is 4.37. The van der Waals surface area contributed by atoms with Crippen molar-refractivity contribution >= 4 is 17.3 Å². The maximum Gasteiger partial charge on any atom is 0.311 e. The molecule has 1 saturated heterocycles. The van der Waals surface area contributed by atoms with Crippen LogP contribution >= 0.6 is 11.6 Å². The minimum atomic E-state index is -0.452. The van der Waals surface area contributed by atoms with Gasteiger partial charge in [0.1, 0.15) is 6.61 Å². The highest BCUT2D eigenvalue weighted by molar-refractivity contribution is 6.30. The van der Waals surface area contributed by atoms with Gasteiger partial charge in [-0.2, -0.15) is 0 Å². The van der Waals surface area contributed by atoms with E-state index in [4.69, 9.17) is 16.3 Å². The number of hydrogen-bond donors (Lipinski definition) is 0. The van der Waals surface area contributed by atoms with E-state index in [2.05, 4.69) is 4.90 Å². The highest BCUT2D eigenvalue weighted by Crippen LogP contribution is 2.29. The zero-order valence-corrected chi connectivity index (χ0v) is 11.4. The molecular formula is C13H17ClN2O3. The molecule has 0 spiro atoms. The van der Waals surface area contributed by atoms with Gasteiger partial charge in [-0.25, -0.2) is 0 Å². The van der Waals surface area contributed by atoms with Crippen molar-refractivity contribution in [3.05, 3.63) is 33.3 Å². The maximum absolute atomic E-state index is 10.9. The molecule has 0 aromatic heterocycles. The van der Waals surface area contributed by atoms with Gasteiger partial charge in [0.25, 0.3) is 0 Å². The summed E-state index contributed by atoms with van der Waals surface area (Å²) >= 11 is 5.84. The monoisotopic (exact) mass is 284 g/mol. The molecule has 0 aliphatic carbocycles. The molecule has 0 unspecified atom stereocenters. The van der Waals surface area contributed by atoms with Crippen LogP contribution in [-0.2, 0) is 0 Å². The first-order chi connectivity index (χ1) is 9.16. The lowest BCUT2D eigenvalue weighted by molar-refractivity contribution is -0.385. The van der Waals surface area contributed by atoms with Crippen LogP contribution < -0.4 is 4.74 Å². The molecule has 1 heterocycles. The van der Waals surface area contributed by atoms with Crippen LogP contribution in [0.2, 0.25) is 5.02 Å². The van der Waals surface area contributed by atoms with Crippen LogP contribution in [0.3, 0.4) is 0 Å². The Morgan fingerprint density at radius 1 is 1.32 bits per heavy atom. The first-order valence-corrected chi connectivity index (χ1v) is 6.84. The molecule has 1 aromatic carbocycles. The lowest BCUT2D eigenvalue weighted by atomic mass is 10.1. The largest absolute Gasteiger partial charge is 0.485 e. The van der Waals surface area contributed by atoms with Gasteiger partial charge in [0.05, 0.1) is 4.92 Å². The smallest absolute Gasteiger partial charge is 0.311 e. The molecule has 0 atom stereocenters. The lowest BCUT2D eigenvalue weighted by Gasteiger charge is -2.26. The average Bonchev–Trinajstić information content (AvgIpc) is 2.39. The van der Waals surface area contributed by atoms with Crippen LogP contribution in [0.15, 0.2) is 18.2 Å². The van der Waals surface area contributed by atoms with Gasteiger partial charge in [0.15, 0.2) is 5.75 Å². The van der Waals surface area contributed by atoms with Crippen LogP contribution in [0.5, 0.6) is 5.75 Å². The normalized spacial score (nSPS) is 16.3. The zero-order valence-electron chi connectivity index (χ0n) is 10.7. The molecule has 1 aromatic rings. The van der Waals surface area contributed by atoms with E-state index in [-0.39, 0.29) is 11.4 Å². The van der Waals surface area contributed by atoms with Gasteiger partial charge in [0.2, 0.25) is 0 Å². The number of nitro groups is 1. The number of hydrogen-bond acceptors (Lipinski definition) is 4. The Balaban J connectivity index is 1.91. The number of benzene rings is 1. The molecule has 104 valence electrons. The first kappa shape index (κ1) is 14.1. The Morgan fingerprint density at radius 3 is 2.74 bits per heavy atom. The summed E-state index contributed by atoms with van der Waals surface area (Å²) in [6.45, 7) is 3.41. The molecule has 0 amide bonds. The Morgan fingerprint density at radius 2 is 2.05 bits per heavy atom. The highest BCUT2D eigenvalue weighted by Gasteiger charge is 2.16. The summed E-state index contributed by atoms with van der Waals surface area (Å²) in [4.78, 5) is 12.7. The van der Waals surface area contributed by atoms with Gasteiger partial charge in [0, 0.05) is 23.7 Å². The zero-order chi connectivity index (χ0) is 13.7. The number of piperidine rings is 1. The van der Waals surface area contributed by atoms with Gasteiger partial charge in [-0.15, -0.1) is 0 Å². The Hall–Kier alpha value is -1.33. The minimum Gasteiger partial charge on any atom is -0.485 e. The van der Waals surface area contributed by atoms with Gasteiger partial charge < -0.3 is 4.74 Å². The summed E-state index contributed by atoms with van der Waals surface area (Å²) in [6.07, 6.45) is 3.73. The van der Waals surface area contributed by atoms with Crippen molar-refractivity contribution in [1.82, 2.24) is 4.90 Å². The topological polar surface area (TPSA) is 55.6 Å². The summed E-state index contributed by atoms with van der Waals surface area (Å²) in [7, 11) is 0. The van der Waals surface area contributed by atoms with Crippen molar-refractivity contribution < 1.29 is 9.66 Å². The quantitative estimate of drug-likeness (QED) is 0.616. The van der Waals surface area contributed by atoms with E-state index in [1.807, 2.05) is 0 Å². The summed E-state index contributed by atoms with van der Waals surface area (Å²) in [5, 5.41) is 11.3. The molecular weight excluding hydrogens is 268 g/mol. The van der Waals surface area contributed by atoms with E-state index in [0.29, 0.717) is 11.6 Å². The van der Waals surface area contributed by atoms with Crippen molar-refractivity contribution in [3.8, 4) is 5.75 Å². The highest BCUT2D eigenvalue weighted by atomic mass is 35.5. The summed E-state index contributed by atoms with van der Waals surface area (Å²) < 4.78 is 5.51. The average molecular weight is 285 g/mol. The Bertz CT molecular complexity index is 448. The third-order valence-electron chi connectivity index (χ3n) is 3.23. The molecule has 2 rings (SSSR count). The fourth-order valence-corrected chi connectivity index (χ4v) is 2.38. The van der Waals surface area contributed by atoms with Gasteiger partial charge in [-0.1, -0.05) is 18.0 Å². The minimum absolute atomic E-state index is 0.0388. The number of nitrogens with zero attached hydrogens (tertiary/aromatic N) is 2. The summed E-state index contributed by atoms with van der Waals surface area (Å²) in [5.41, 5.74) is -0.0388. The third kappa shape index (κ3) is 4.08. The second-order valence-electron chi connectivity index (χ2n) is 4.62. The van der Waals surface area contributed by atoms with Crippen LogP contribution in [0.4, 0.5) is 5.69 Å². The van der Waals surface area contributed by atoms with Crippen molar-refractivity contribution in [2.24, 2.45) is 0 Å². The van der Waals surface area contributed by atoms with E-state index in [1.165, 1.54) is 37.5 Å². The molecule has 1 aliphatic rings. The van der Waals surface area contributed by atoms with Crippen molar-refractivity contribution in [3.63, 3.8) is 0 Å². The number of likely N-dealkylation sites (tertiary alicyclic amines) is 1. The second kappa shape index (κ2) is 6.73. The number of nitro benzene ring substituents is 1. The van der Waals surface area contributed by atoms with Crippen LogP contribution in [-0.4, -0.2) is 36.1 Å². The van der Waals surface area contributed by atoms with Gasteiger partial charge in [-0.05, 0) is 32.0 Å². The fraction of sp³-hybridized carbons (Fsp3) is 0.538. The third-order valence-corrected chi connectivity index (χ3v) is 3.47. The maximum atomic E-state index is 10.9. The molecule has 6 heteroatoms. The lowest BCUT2D eigenvalue weighted by Crippen LogP contribution is -2.33. The molecule has 0 radical (unpaired) electrons. The predicted molar refractivity (Wildman–Crippen MR) is 73.9 cm³/mol. The van der Waals surface area contributed by atoms with Crippen LogP contribution in [0.1, 0.15) is 19.3 Å². The fourth-order valence-electron chi connectivity index (χ4n) is 2.22. The van der Waals surface area contributed by atoms with Crippen LogP contribution in [0, 0.1) is 10.1 Å². The summed E-state index contributed by atoms with van der Waals surface area (Å²) in [5.74, 6) is 0.245. The molecule has 0 saturated carbocycles. The number of ether oxygens (including phenoxy) is 1. The SMILES string of the molecule is O=[N+]([O-])c1ccc(Cl)cc1OCCN1CCCCC1. The van der Waals surface area contributed by atoms with E-state index in [0.717, 1.165) is 19.6 Å². The van der Waals surface area contributed by atoms with E-state index in [9.17, 15) is 10.1 Å². The predicted octanol–water partition coefficient (Wildman–Crippen LogP) is 3.11. The first-order valence-electron chi connectivity index (χ1n) is 6.46. The van der Waals surface area contributed by atoms with Crippen molar-refractivity contribution in [2.75, 3.05) is 26.2 Å². The number of halogens is 1. The molecule has 0 N–H and O–H groups in total. The molecule has 0 bridgehead atoms. The molecule has 19 heavy (non-hydrogen) atoms. The van der Waals surface area contributed by atoms with Gasteiger partial charge >= 0.3 is 5.69 Å². The van der Waals surface area contributed by atoms with E-state index >= 15 is 0 Å². The molecule has 1 fully saturated rings. The number of rotatable bonds is 5. The standard InChI is InChI=1S/C13H17ClN2O3/c14-11-4-5-12(16(17)18)13(10-11)19-9-8-15-6-2-1-3-7-15/h4-5,10H,1-3,6-9H2.